The number of amides is 4. The molecule has 0 bridgehead atoms. The average Bonchev–Trinajstić information content (AvgIpc) is 2.67. The molecule has 0 aromatic heterocycles. The van der Waals surface area contributed by atoms with Gasteiger partial charge in [-0.25, -0.2) is 9.18 Å². The fourth-order valence-corrected chi connectivity index (χ4v) is 2.93. The molecule has 3 N–H and O–H groups in total. The molecular weight excluding hydrogens is 351 g/mol. The van der Waals surface area contributed by atoms with Crippen molar-refractivity contribution in [2.45, 2.75) is 39.2 Å². The van der Waals surface area contributed by atoms with Gasteiger partial charge in [0.05, 0.1) is 11.6 Å². The molecule has 4 amide bonds. The molecule has 8 heteroatoms. The molecule has 7 nitrogen and oxygen atoms in total. The highest BCUT2D eigenvalue weighted by Crippen LogP contribution is 2.19. The zero-order chi connectivity index (χ0) is 19.8. The van der Waals surface area contributed by atoms with Gasteiger partial charge in [0.1, 0.15) is 11.9 Å². The summed E-state index contributed by atoms with van der Waals surface area (Å²) in [6, 6.07) is 4.86. The number of halogens is 1. The van der Waals surface area contributed by atoms with Crippen LogP contribution in [0.2, 0.25) is 0 Å². The fraction of sp³-hybridized carbons (Fsp3) is 0.526. The van der Waals surface area contributed by atoms with Gasteiger partial charge in [-0.05, 0) is 38.3 Å². The van der Waals surface area contributed by atoms with E-state index in [2.05, 4.69) is 16.0 Å². The Labute approximate surface area is 158 Å². The van der Waals surface area contributed by atoms with E-state index in [9.17, 15) is 18.8 Å². The summed E-state index contributed by atoms with van der Waals surface area (Å²) in [6.07, 6.45) is 2.12. The molecule has 2 atom stereocenters. The van der Waals surface area contributed by atoms with Gasteiger partial charge >= 0.3 is 6.03 Å². The van der Waals surface area contributed by atoms with Gasteiger partial charge in [0.15, 0.2) is 0 Å². The molecular formula is C19H27FN4O3. The number of hydrogen-bond acceptors (Lipinski definition) is 3. The van der Waals surface area contributed by atoms with Crippen molar-refractivity contribution >= 4 is 23.5 Å². The molecule has 0 unspecified atom stereocenters. The van der Waals surface area contributed by atoms with Crippen LogP contribution in [0.15, 0.2) is 24.3 Å². The van der Waals surface area contributed by atoms with Crippen molar-refractivity contribution in [2.24, 2.45) is 5.92 Å². The highest BCUT2D eigenvalue weighted by molar-refractivity contribution is 5.91. The molecule has 0 saturated carbocycles. The zero-order valence-electron chi connectivity index (χ0n) is 15.8. The van der Waals surface area contributed by atoms with Crippen molar-refractivity contribution < 1.29 is 18.8 Å². The van der Waals surface area contributed by atoms with Gasteiger partial charge in [-0.2, -0.15) is 0 Å². The van der Waals surface area contributed by atoms with E-state index in [1.807, 2.05) is 6.92 Å². The lowest BCUT2D eigenvalue weighted by atomic mass is 9.97. The summed E-state index contributed by atoms with van der Waals surface area (Å²) in [6.45, 7) is 4.87. The van der Waals surface area contributed by atoms with Gasteiger partial charge in [-0.3, -0.25) is 9.59 Å². The Balaban J connectivity index is 1.89. The van der Waals surface area contributed by atoms with Gasteiger partial charge < -0.3 is 20.9 Å². The standard InChI is InChI=1S/C19H27FN4O3/c1-3-10-21-17(25)13(2)22-18(26)14-7-6-11-24(12-14)19(27)23-16-9-5-4-8-15(16)20/h4-5,8-9,13-14H,3,6-7,10-12H2,1-2H3,(H,21,25)(H,22,26)(H,23,27)/t13-,14+/m1/s1. The Morgan fingerprint density at radius 2 is 2.04 bits per heavy atom. The van der Waals surface area contributed by atoms with E-state index in [1.165, 1.54) is 17.0 Å². The quantitative estimate of drug-likeness (QED) is 0.708. The molecule has 2 rings (SSSR count). The van der Waals surface area contributed by atoms with Gasteiger partial charge in [0, 0.05) is 19.6 Å². The van der Waals surface area contributed by atoms with Crippen LogP contribution < -0.4 is 16.0 Å². The number of hydrogen-bond donors (Lipinski definition) is 3. The minimum absolute atomic E-state index is 0.107. The Hall–Kier alpha value is -2.64. The molecule has 1 aliphatic heterocycles. The summed E-state index contributed by atoms with van der Waals surface area (Å²) < 4.78 is 13.7. The highest BCUT2D eigenvalue weighted by Gasteiger charge is 2.30. The second-order valence-corrected chi connectivity index (χ2v) is 6.72. The Morgan fingerprint density at radius 3 is 2.74 bits per heavy atom. The van der Waals surface area contributed by atoms with Crippen LogP contribution in [-0.4, -0.2) is 48.4 Å². The van der Waals surface area contributed by atoms with Crippen LogP contribution in [0.5, 0.6) is 0 Å². The predicted octanol–water partition coefficient (Wildman–Crippen LogP) is 2.10. The predicted molar refractivity (Wildman–Crippen MR) is 101 cm³/mol. The maximum Gasteiger partial charge on any atom is 0.321 e. The largest absolute Gasteiger partial charge is 0.354 e. The van der Waals surface area contributed by atoms with E-state index < -0.39 is 23.8 Å². The number of piperidine rings is 1. The van der Waals surface area contributed by atoms with Crippen LogP contribution in [0, 0.1) is 11.7 Å². The fourth-order valence-electron chi connectivity index (χ4n) is 2.93. The lowest BCUT2D eigenvalue weighted by molar-refractivity contribution is -0.131. The van der Waals surface area contributed by atoms with E-state index in [0.717, 1.165) is 6.42 Å². The Kier molecular flexibility index (Phi) is 7.57. The van der Waals surface area contributed by atoms with E-state index in [-0.39, 0.29) is 24.0 Å². The van der Waals surface area contributed by atoms with Crippen molar-refractivity contribution in [3.8, 4) is 0 Å². The van der Waals surface area contributed by atoms with Crippen LogP contribution in [-0.2, 0) is 9.59 Å². The summed E-state index contributed by atoms with van der Waals surface area (Å²) in [5.74, 6) is -1.39. The molecule has 27 heavy (non-hydrogen) atoms. The number of rotatable bonds is 6. The summed E-state index contributed by atoms with van der Waals surface area (Å²) in [4.78, 5) is 38.2. The lowest BCUT2D eigenvalue weighted by Crippen LogP contribution is -2.51. The van der Waals surface area contributed by atoms with Gasteiger partial charge in [0.25, 0.3) is 0 Å². The summed E-state index contributed by atoms with van der Waals surface area (Å²) in [5, 5.41) is 7.98. The molecule has 1 aliphatic rings. The number of nitrogens with zero attached hydrogens (tertiary/aromatic N) is 1. The van der Waals surface area contributed by atoms with Crippen LogP contribution >= 0.6 is 0 Å². The third-order valence-electron chi connectivity index (χ3n) is 4.50. The van der Waals surface area contributed by atoms with Crippen molar-refractivity contribution in [3.05, 3.63) is 30.1 Å². The molecule has 1 saturated heterocycles. The van der Waals surface area contributed by atoms with Crippen molar-refractivity contribution in [3.63, 3.8) is 0 Å². The molecule has 0 radical (unpaired) electrons. The maximum atomic E-state index is 13.7. The van der Waals surface area contributed by atoms with Crippen molar-refractivity contribution in [2.75, 3.05) is 25.0 Å². The summed E-state index contributed by atoms with van der Waals surface area (Å²) >= 11 is 0. The minimum Gasteiger partial charge on any atom is -0.354 e. The molecule has 0 spiro atoms. The van der Waals surface area contributed by atoms with Crippen LogP contribution in [0.4, 0.5) is 14.9 Å². The summed E-state index contributed by atoms with van der Waals surface area (Å²) in [7, 11) is 0. The second-order valence-electron chi connectivity index (χ2n) is 6.72. The number of carbonyl (C=O) groups excluding carboxylic acids is 3. The molecule has 1 heterocycles. The first-order valence-corrected chi connectivity index (χ1v) is 9.31. The van der Waals surface area contributed by atoms with Crippen molar-refractivity contribution in [1.82, 2.24) is 15.5 Å². The first kappa shape index (κ1) is 20.7. The lowest BCUT2D eigenvalue weighted by Gasteiger charge is -2.32. The van der Waals surface area contributed by atoms with Gasteiger partial charge in [-0.15, -0.1) is 0 Å². The first-order valence-electron chi connectivity index (χ1n) is 9.31. The number of nitrogens with one attached hydrogen (secondary N) is 3. The second kappa shape index (κ2) is 9.89. The summed E-state index contributed by atoms with van der Waals surface area (Å²) in [5.41, 5.74) is 0.107. The van der Waals surface area contributed by atoms with E-state index in [0.29, 0.717) is 25.9 Å². The van der Waals surface area contributed by atoms with Crippen LogP contribution in [0.3, 0.4) is 0 Å². The van der Waals surface area contributed by atoms with Crippen LogP contribution in [0.1, 0.15) is 33.1 Å². The molecule has 1 fully saturated rings. The van der Waals surface area contributed by atoms with E-state index in [4.69, 9.17) is 0 Å². The van der Waals surface area contributed by atoms with Gasteiger partial charge in [-0.1, -0.05) is 19.1 Å². The molecule has 1 aromatic rings. The van der Waals surface area contributed by atoms with Crippen molar-refractivity contribution in [1.29, 1.82) is 0 Å². The topological polar surface area (TPSA) is 90.5 Å². The highest BCUT2D eigenvalue weighted by atomic mass is 19.1. The Morgan fingerprint density at radius 1 is 1.30 bits per heavy atom. The number of urea groups is 1. The number of benzene rings is 1. The van der Waals surface area contributed by atoms with E-state index in [1.54, 1.807) is 19.1 Å². The smallest absolute Gasteiger partial charge is 0.321 e. The molecule has 148 valence electrons. The normalized spacial score (nSPS) is 17.7. The minimum atomic E-state index is -0.633. The number of likely N-dealkylation sites (tertiary alicyclic amines) is 1. The van der Waals surface area contributed by atoms with Gasteiger partial charge in [0.2, 0.25) is 11.8 Å². The number of para-hydroxylation sites is 1. The SMILES string of the molecule is CCCNC(=O)[C@@H](C)NC(=O)[C@H]1CCCN(C(=O)Nc2ccccc2F)C1. The monoisotopic (exact) mass is 378 g/mol. The third-order valence-corrected chi connectivity index (χ3v) is 4.50. The molecule has 1 aromatic carbocycles. The third kappa shape index (κ3) is 5.94. The van der Waals surface area contributed by atoms with E-state index >= 15 is 0 Å². The number of carbonyl (C=O) groups is 3. The first-order chi connectivity index (χ1) is 12.9. The maximum absolute atomic E-state index is 13.7. The number of anilines is 1. The average molecular weight is 378 g/mol. The Bertz CT molecular complexity index is 683. The zero-order valence-corrected chi connectivity index (χ0v) is 15.8. The molecule has 0 aliphatic carbocycles. The van der Waals surface area contributed by atoms with Crippen LogP contribution in [0.25, 0.3) is 0 Å².